The van der Waals surface area contributed by atoms with E-state index in [0.717, 1.165) is 44.5 Å². The summed E-state index contributed by atoms with van der Waals surface area (Å²) in [6, 6.07) is 4.14. The molecule has 2 aromatic rings. The summed E-state index contributed by atoms with van der Waals surface area (Å²) in [5.41, 5.74) is 3.14. The lowest BCUT2D eigenvalue weighted by atomic mass is 9.80. The fourth-order valence-electron chi connectivity index (χ4n) is 3.68. The van der Waals surface area contributed by atoms with E-state index in [0.29, 0.717) is 0 Å². The van der Waals surface area contributed by atoms with Gasteiger partial charge in [0, 0.05) is 37.8 Å². The van der Waals surface area contributed by atoms with Crippen molar-refractivity contribution in [1.29, 1.82) is 0 Å². The van der Waals surface area contributed by atoms with E-state index in [1.165, 1.54) is 18.5 Å². The summed E-state index contributed by atoms with van der Waals surface area (Å²) >= 11 is 1.62. The maximum absolute atomic E-state index is 5.98. The summed E-state index contributed by atoms with van der Waals surface area (Å²) in [6.45, 7) is 5.57. The molecular formula is C16H21N5OS. The molecule has 7 heteroatoms. The molecule has 1 unspecified atom stereocenters. The van der Waals surface area contributed by atoms with Crippen LogP contribution in [-0.2, 0) is 4.74 Å². The predicted molar refractivity (Wildman–Crippen MR) is 91.1 cm³/mol. The predicted octanol–water partition coefficient (Wildman–Crippen LogP) is 2.06. The quantitative estimate of drug-likeness (QED) is 0.839. The van der Waals surface area contributed by atoms with Crippen LogP contribution in [0.15, 0.2) is 30.0 Å². The van der Waals surface area contributed by atoms with E-state index in [1.54, 1.807) is 11.3 Å². The van der Waals surface area contributed by atoms with Crippen molar-refractivity contribution in [3.63, 3.8) is 0 Å². The lowest BCUT2D eigenvalue weighted by Gasteiger charge is -2.43. The van der Waals surface area contributed by atoms with E-state index in [2.05, 4.69) is 31.0 Å². The molecule has 4 heterocycles. The van der Waals surface area contributed by atoms with Gasteiger partial charge in [0.25, 0.3) is 0 Å². The number of ether oxygens (including phenoxy) is 1. The first-order valence-electron chi connectivity index (χ1n) is 8.09. The van der Waals surface area contributed by atoms with Gasteiger partial charge in [0.2, 0.25) is 5.13 Å². The Morgan fingerprint density at radius 3 is 3.00 bits per heavy atom. The van der Waals surface area contributed by atoms with Crippen LogP contribution >= 0.6 is 11.3 Å². The highest BCUT2D eigenvalue weighted by molar-refractivity contribution is 7.13. The highest BCUT2D eigenvalue weighted by Gasteiger charge is 2.39. The van der Waals surface area contributed by atoms with Crippen molar-refractivity contribution in [2.24, 2.45) is 5.41 Å². The second kappa shape index (κ2) is 6.41. The van der Waals surface area contributed by atoms with Crippen LogP contribution < -0.4 is 9.80 Å². The number of hydrogen-bond donors (Lipinski definition) is 0. The normalized spacial score (nSPS) is 25.6. The molecule has 0 N–H and O–H groups in total. The minimum atomic E-state index is 0.149. The molecule has 122 valence electrons. The van der Waals surface area contributed by atoms with E-state index in [4.69, 9.17) is 4.74 Å². The van der Waals surface area contributed by atoms with E-state index in [1.807, 2.05) is 24.0 Å². The molecule has 0 aromatic carbocycles. The minimum Gasteiger partial charge on any atom is -0.379 e. The summed E-state index contributed by atoms with van der Waals surface area (Å²) < 4.78 is 5.98. The molecule has 2 aliphatic rings. The fourth-order valence-corrected chi connectivity index (χ4v) is 4.27. The first-order chi connectivity index (χ1) is 11.3. The number of rotatable bonds is 2. The molecule has 1 atom stereocenters. The monoisotopic (exact) mass is 331 g/mol. The molecule has 2 fully saturated rings. The smallest absolute Gasteiger partial charge is 0.208 e. The zero-order valence-corrected chi connectivity index (χ0v) is 13.9. The first-order valence-corrected chi connectivity index (χ1v) is 8.97. The standard InChI is InChI=1S/C16H21N5OS/c1-3-14(9-17-5-1)20-7-8-22-12-16(10-20)4-2-6-21(11-16)15-19-18-13-23-15/h1,3,5,9,13H,2,4,6-8,10-12H2. The Morgan fingerprint density at radius 1 is 1.22 bits per heavy atom. The van der Waals surface area contributed by atoms with Crippen LogP contribution in [0.25, 0.3) is 0 Å². The fraction of sp³-hybridized carbons (Fsp3) is 0.562. The zero-order chi connectivity index (χ0) is 15.5. The van der Waals surface area contributed by atoms with Gasteiger partial charge in [-0.25, -0.2) is 0 Å². The van der Waals surface area contributed by atoms with Crippen molar-refractivity contribution in [2.75, 3.05) is 49.2 Å². The second-order valence-corrected chi connectivity index (χ2v) is 7.24. The van der Waals surface area contributed by atoms with E-state index < -0.39 is 0 Å². The van der Waals surface area contributed by atoms with Gasteiger partial charge in [-0.05, 0) is 25.0 Å². The van der Waals surface area contributed by atoms with Gasteiger partial charge in [-0.2, -0.15) is 0 Å². The third-order valence-electron chi connectivity index (χ3n) is 4.73. The number of anilines is 2. The Morgan fingerprint density at radius 2 is 2.17 bits per heavy atom. The third kappa shape index (κ3) is 3.16. The minimum absolute atomic E-state index is 0.149. The van der Waals surface area contributed by atoms with Crippen LogP contribution in [0.3, 0.4) is 0 Å². The Bertz CT molecular complexity index is 623. The van der Waals surface area contributed by atoms with Crippen molar-refractivity contribution in [3.05, 3.63) is 30.0 Å². The molecule has 4 rings (SSSR count). The lowest BCUT2D eigenvalue weighted by molar-refractivity contribution is 0.0598. The Balaban J connectivity index is 1.56. The molecule has 0 radical (unpaired) electrons. The van der Waals surface area contributed by atoms with Crippen molar-refractivity contribution in [3.8, 4) is 0 Å². The van der Waals surface area contributed by atoms with Gasteiger partial charge in [0.1, 0.15) is 5.51 Å². The molecule has 0 aliphatic carbocycles. The maximum Gasteiger partial charge on any atom is 0.208 e. The molecule has 0 amide bonds. The molecule has 6 nitrogen and oxygen atoms in total. The number of hydrogen-bond acceptors (Lipinski definition) is 7. The van der Waals surface area contributed by atoms with Crippen molar-refractivity contribution in [2.45, 2.75) is 12.8 Å². The van der Waals surface area contributed by atoms with Gasteiger partial charge in [0.05, 0.1) is 25.1 Å². The lowest BCUT2D eigenvalue weighted by Crippen LogP contribution is -2.50. The van der Waals surface area contributed by atoms with E-state index in [-0.39, 0.29) is 5.41 Å². The van der Waals surface area contributed by atoms with Crippen molar-refractivity contribution in [1.82, 2.24) is 15.2 Å². The number of pyridine rings is 1. The Kier molecular flexibility index (Phi) is 4.13. The molecular weight excluding hydrogens is 310 g/mol. The summed E-state index contributed by atoms with van der Waals surface area (Å²) in [5.74, 6) is 0. The number of nitrogens with zero attached hydrogens (tertiary/aromatic N) is 5. The van der Waals surface area contributed by atoms with Gasteiger partial charge < -0.3 is 14.5 Å². The topological polar surface area (TPSA) is 54.4 Å². The van der Waals surface area contributed by atoms with Crippen LogP contribution in [0.2, 0.25) is 0 Å². The zero-order valence-electron chi connectivity index (χ0n) is 13.1. The highest BCUT2D eigenvalue weighted by Crippen LogP contribution is 2.36. The van der Waals surface area contributed by atoms with E-state index >= 15 is 0 Å². The van der Waals surface area contributed by atoms with Crippen LogP contribution in [-0.4, -0.2) is 54.6 Å². The molecule has 0 bridgehead atoms. The molecule has 2 aromatic heterocycles. The summed E-state index contributed by atoms with van der Waals surface area (Å²) in [5, 5.41) is 9.27. The third-order valence-corrected chi connectivity index (χ3v) is 5.48. The highest BCUT2D eigenvalue weighted by atomic mass is 32.1. The van der Waals surface area contributed by atoms with Gasteiger partial charge in [-0.3, -0.25) is 4.98 Å². The summed E-state index contributed by atoms with van der Waals surface area (Å²) in [7, 11) is 0. The average Bonchev–Trinajstić information content (AvgIpc) is 3.06. The van der Waals surface area contributed by atoms with Gasteiger partial charge in [-0.1, -0.05) is 11.3 Å². The van der Waals surface area contributed by atoms with Crippen LogP contribution in [0.1, 0.15) is 12.8 Å². The van der Waals surface area contributed by atoms with Gasteiger partial charge in [0.15, 0.2) is 0 Å². The molecule has 23 heavy (non-hydrogen) atoms. The summed E-state index contributed by atoms with van der Waals surface area (Å²) in [4.78, 5) is 9.06. The van der Waals surface area contributed by atoms with Crippen LogP contribution in [0, 0.1) is 5.41 Å². The molecule has 2 saturated heterocycles. The Hall–Kier alpha value is -1.73. The van der Waals surface area contributed by atoms with Crippen molar-refractivity contribution >= 4 is 22.2 Å². The van der Waals surface area contributed by atoms with E-state index in [9.17, 15) is 0 Å². The van der Waals surface area contributed by atoms with Crippen LogP contribution in [0.4, 0.5) is 10.8 Å². The molecule has 2 aliphatic heterocycles. The van der Waals surface area contributed by atoms with Gasteiger partial charge >= 0.3 is 0 Å². The van der Waals surface area contributed by atoms with Crippen LogP contribution in [0.5, 0.6) is 0 Å². The second-order valence-electron chi connectivity index (χ2n) is 6.43. The average molecular weight is 331 g/mol. The molecule has 0 saturated carbocycles. The first kappa shape index (κ1) is 14.8. The number of aromatic nitrogens is 3. The summed E-state index contributed by atoms with van der Waals surface area (Å²) in [6.07, 6.45) is 6.14. The largest absolute Gasteiger partial charge is 0.379 e. The van der Waals surface area contributed by atoms with Crippen molar-refractivity contribution < 1.29 is 4.74 Å². The number of piperidine rings is 1. The Labute approximate surface area is 140 Å². The van der Waals surface area contributed by atoms with Gasteiger partial charge in [-0.15, -0.1) is 10.2 Å². The molecule has 1 spiro atoms. The SMILES string of the molecule is c1cncc(N2CCOCC3(CCCN(c4nncs4)C3)C2)c1. The maximum atomic E-state index is 5.98.